The zero-order valence-corrected chi connectivity index (χ0v) is 10.6. The minimum atomic E-state index is -0.822. The maximum Gasteiger partial charge on any atom is 0.173 e. The van der Waals surface area contributed by atoms with Gasteiger partial charge in [-0.2, -0.15) is 0 Å². The van der Waals surface area contributed by atoms with E-state index in [1.54, 1.807) is 7.11 Å². The van der Waals surface area contributed by atoms with Crippen molar-refractivity contribution in [3.05, 3.63) is 12.7 Å². The second kappa shape index (κ2) is 8.64. The normalized spacial score (nSPS) is 26.7. The standard InChI is InChI=1S/C13H24O4/c1-3-13(14)17-9-12-6-4-11(5-7-12)8-16-10-15-2/h3,11-14H,1,4-10H2,2H3. The van der Waals surface area contributed by atoms with E-state index in [1.165, 1.54) is 18.9 Å². The lowest BCUT2D eigenvalue weighted by molar-refractivity contribution is -0.0842. The maximum atomic E-state index is 9.21. The molecular formula is C13H24O4. The van der Waals surface area contributed by atoms with E-state index in [0.717, 1.165) is 19.4 Å². The Hall–Kier alpha value is -0.420. The van der Waals surface area contributed by atoms with E-state index >= 15 is 0 Å². The Morgan fingerprint density at radius 1 is 1.24 bits per heavy atom. The molecular weight excluding hydrogens is 220 g/mol. The highest BCUT2D eigenvalue weighted by atomic mass is 16.7. The van der Waals surface area contributed by atoms with E-state index in [0.29, 0.717) is 25.2 Å². The lowest BCUT2D eigenvalue weighted by Crippen LogP contribution is -2.23. The minimum absolute atomic E-state index is 0.383. The SMILES string of the molecule is C=CC(O)OCC1CCC(COCOC)CC1. The summed E-state index contributed by atoms with van der Waals surface area (Å²) in [6.07, 6.45) is 5.21. The van der Waals surface area contributed by atoms with Crippen LogP contribution in [-0.4, -0.2) is 38.5 Å². The minimum Gasteiger partial charge on any atom is -0.365 e. The van der Waals surface area contributed by atoms with E-state index in [9.17, 15) is 5.11 Å². The van der Waals surface area contributed by atoms with Crippen LogP contribution in [0.1, 0.15) is 25.7 Å². The molecule has 17 heavy (non-hydrogen) atoms. The van der Waals surface area contributed by atoms with Gasteiger partial charge in [-0.3, -0.25) is 0 Å². The molecule has 1 rings (SSSR count). The predicted molar refractivity (Wildman–Crippen MR) is 65.4 cm³/mol. The Morgan fingerprint density at radius 2 is 1.82 bits per heavy atom. The molecule has 0 amide bonds. The van der Waals surface area contributed by atoms with Gasteiger partial charge < -0.3 is 19.3 Å². The molecule has 0 aromatic heterocycles. The fraction of sp³-hybridized carbons (Fsp3) is 0.846. The molecule has 0 aromatic carbocycles. The number of methoxy groups -OCH3 is 1. The first kappa shape index (κ1) is 14.6. The van der Waals surface area contributed by atoms with Crippen LogP contribution in [0, 0.1) is 11.8 Å². The highest BCUT2D eigenvalue weighted by Gasteiger charge is 2.21. The molecule has 4 heteroatoms. The molecule has 100 valence electrons. The third kappa shape index (κ3) is 6.17. The van der Waals surface area contributed by atoms with Crippen molar-refractivity contribution in [3.63, 3.8) is 0 Å². The number of aliphatic hydroxyl groups is 1. The van der Waals surface area contributed by atoms with E-state index in [4.69, 9.17) is 14.2 Å². The number of aliphatic hydroxyl groups excluding tert-OH is 1. The first-order valence-electron chi connectivity index (χ1n) is 6.25. The summed E-state index contributed by atoms with van der Waals surface area (Å²) in [7, 11) is 1.64. The molecule has 1 atom stereocenters. The van der Waals surface area contributed by atoms with Gasteiger partial charge in [-0.1, -0.05) is 6.58 Å². The monoisotopic (exact) mass is 244 g/mol. The molecule has 1 saturated carbocycles. The lowest BCUT2D eigenvalue weighted by Gasteiger charge is -2.28. The van der Waals surface area contributed by atoms with Crippen LogP contribution in [0.5, 0.6) is 0 Å². The van der Waals surface area contributed by atoms with Crippen LogP contribution in [0.3, 0.4) is 0 Å². The predicted octanol–water partition coefficient (Wildman–Crippen LogP) is 1.93. The van der Waals surface area contributed by atoms with Gasteiger partial charge in [0, 0.05) is 7.11 Å². The van der Waals surface area contributed by atoms with E-state index in [2.05, 4.69) is 6.58 Å². The lowest BCUT2D eigenvalue weighted by atomic mass is 9.83. The molecule has 0 aliphatic heterocycles. The summed E-state index contributed by atoms with van der Waals surface area (Å²) >= 11 is 0. The number of hydrogen-bond acceptors (Lipinski definition) is 4. The summed E-state index contributed by atoms with van der Waals surface area (Å²) in [5.41, 5.74) is 0. The Morgan fingerprint density at radius 3 is 2.35 bits per heavy atom. The zero-order valence-electron chi connectivity index (χ0n) is 10.6. The van der Waals surface area contributed by atoms with Crippen molar-refractivity contribution in [2.45, 2.75) is 32.0 Å². The topological polar surface area (TPSA) is 47.9 Å². The van der Waals surface area contributed by atoms with E-state index in [-0.39, 0.29) is 0 Å². The Kier molecular flexibility index (Phi) is 7.44. The molecule has 0 aromatic rings. The van der Waals surface area contributed by atoms with Crippen LogP contribution >= 0.6 is 0 Å². The molecule has 1 aliphatic rings. The van der Waals surface area contributed by atoms with Crippen molar-refractivity contribution in [1.29, 1.82) is 0 Å². The first-order valence-corrected chi connectivity index (χ1v) is 6.25. The second-order valence-electron chi connectivity index (χ2n) is 4.62. The average molecular weight is 244 g/mol. The molecule has 4 nitrogen and oxygen atoms in total. The third-order valence-electron chi connectivity index (χ3n) is 3.23. The maximum absolute atomic E-state index is 9.21. The molecule has 1 aliphatic carbocycles. The zero-order chi connectivity index (χ0) is 12.5. The first-order chi connectivity index (χ1) is 8.26. The fourth-order valence-corrected chi connectivity index (χ4v) is 2.17. The molecule has 1 unspecified atom stereocenters. The Bertz CT molecular complexity index is 200. The number of rotatable bonds is 8. The highest BCUT2D eigenvalue weighted by Crippen LogP contribution is 2.29. The van der Waals surface area contributed by atoms with Gasteiger partial charge >= 0.3 is 0 Å². The summed E-state index contributed by atoms with van der Waals surface area (Å²) < 4.78 is 15.5. The van der Waals surface area contributed by atoms with Crippen LogP contribution in [0.4, 0.5) is 0 Å². The quantitative estimate of drug-likeness (QED) is 0.403. The van der Waals surface area contributed by atoms with E-state index < -0.39 is 6.29 Å². The summed E-state index contributed by atoms with van der Waals surface area (Å²) in [6.45, 7) is 5.27. The smallest absolute Gasteiger partial charge is 0.173 e. The van der Waals surface area contributed by atoms with Crippen LogP contribution in [0.25, 0.3) is 0 Å². The van der Waals surface area contributed by atoms with E-state index in [1.807, 2.05) is 0 Å². The average Bonchev–Trinajstić information content (AvgIpc) is 2.37. The molecule has 0 radical (unpaired) electrons. The van der Waals surface area contributed by atoms with Crippen molar-refractivity contribution < 1.29 is 19.3 Å². The summed E-state index contributed by atoms with van der Waals surface area (Å²) in [4.78, 5) is 0. The van der Waals surface area contributed by atoms with Crippen molar-refractivity contribution in [3.8, 4) is 0 Å². The van der Waals surface area contributed by atoms with Crippen LogP contribution in [0.15, 0.2) is 12.7 Å². The van der Waals surface area contributed by atoms with Gasteiger partial charge in [0.25, 0.3) is 0 Å². The molecule has 0 bridgehead atoms. The highest BCUT2D eigenvalue weighted by molar-refractivity contribution is 4.74. The van der Waals surface area contributed by atoms with Gasteiger partial charge in [-0.15, -0.1) is 0 Å². The van der Waals surface area contributed by atoms with Crippen molar-refractivity contribution in [2.24, 2.45) is 11.8 Å². The van der Waals surface area contributed by atoms with Crippen molar-refractivity contribution >= 4 is 0 Å². The Balaban J connectivity index is 2.06. The molecule has 1 fully saturated rings. The fourth-order valence-electron chi connectivity index (χ4n) is 2.17. The van der Waals surface area contributed by atoms with Crippen molar-refractivity contribution in [2.75, 3.05) is 27.1 Å². The Labute approximate surface area is 104 Å². The van der Waals surface area contributed by atoms with Gasteiger partial charge in [0.15, 0.2) is 6.29 Å². The molecule has 0 spiro atoms. The largest absolute Gasteiger partial charge is 0.365 e. The van der Waals surface area contributed by atoms with Crippen LogP contribution < -0.4 is 0 Å². The number of ether oxygens (including phenoxy) is 3. The summed E-state index contributed by atoms with van der Waals surface area (Å²) in [5.74, 6) is 1.20. The molecule has 0 heterocycles. The second-order valence-corrected chi connectivity index (χ2v) is 4.62. The third-order valence-corrected chi connectivity index (χ3v) is 3.23. The van der Waals surface area contributed by atoms with Gasteiger partial charge in [0.05, 0.1) is 13.2 Å². The van der Waals surface area contributed by atoms with Gasteiger partial charge in [-0.25, -0.2) is 0 Å². The molecule has 0 saturated heterocycles. The van der Waals surface area contributed by atoms with Gasteiger partial charge in [-0.05, 0) is 43.6 Å². The van der Waals surface area contributed by atoms with Crippen LogP contribution in [0.2, 0.25) is 0 Å². The summed E-state index contributed by atoms with van der Waals surface area (Å²) in [5, 5.41) is 9.21. The number of hydrogen-bond donors (Lipinski definition) is 1. The van der Waals surface area contributed by atoms with Gasteiger partial charge in [0.1, 0.15) is 6.79 Å². The summed E-state index contributed by atoms with van der Waals surface area (Å²) in [6, 6.07) is 0. The van der Waals surface area contributed by atoms with Crippen molar-refractivity contribution in [1.82, 2.24) is 0 Å². The van der Waals surface area contributed by atoms with Gasteiger partial charge in [0.2, 0.25) is 0 Å². The van der Waals surface area contributed by atoms with Crippen LogP contribution in [-0.2, 0) is 14.2 Å². The molecule has 1 N–H and O–H groups in total.